The molecule has 1 aromatic carbocycles. The van der Waals surface area contributed by atoms with E-state index in [1.807, 2.05) is 7.05 Å². The maximum absolute atomic E-state index is 4.79. The third kappa shape index (κ3) is 2.28. The van der Waals surface area contributed by atoms with Crippen LogP contribution in [0.15, 0.2) is 24.3 Å². The molecule has 0 radical (unpaired) electrons. The Bertz CT molecular complexity index is 605. The molecule has 3 rings (SSSR count). The van der Waals surface area contributed by atoms with E-state index in [4.69, 9.17) is 9.97 Å². The van der Waals surface area contributed by atoms with Crippen LogP contribution in [0.3, 0.4) is 0 Å². The number of hydrogen-bond donors (Lipinski definition) is 1. The van der Waals surface area contributed by atoms with Gasteiger partial charge in [-0.15, -0.1) is 0 Å². The van der Waals surface area contributed by atoms with Gasteiger partial charge in [0.1, 0.15) is 5.82 Å². The van der Waals surface area contributed by atoms with E-state index in [9.17, 15) is 0 Å². The molecule has 0 aliphatic heterocycles. The number of rotatable bonds is 4. The van der Waals surface area contributed by atoms with Gasteiger partial charge >= 0.3 is 0 Å². The topological polar surface area (TPSA) is 37.8 Å². The molecule has 1 saturated carbocycles. The Morgan fingerprint density at radius 3 is 2.60 bits per heavy atom. The maximum Gasteiger partial charge on any atom is 0.162 e. The van der Waals surface area contributed by atoms with E-state index in [0.717, 1.165) is 29.3 Å². The number of aromatic nitrogens is 2. The van der Waals surface area contributed by atoms with Crippen molar-refractivity contribution in [2.24, 2.45) is 0 Å². The number of benzene rings is 1. The van der Waals surface area contributed by atoms with Gasteiger partial charge in [-0.3, -0.25) is 0 Å². The van der Waals surface area contributed by atoms with Gasteiger partial charge in [-0.1, -0.05) is 31.2 Å². The van der Waals surface area contributed by atoms with Crippen LogP contribution in [0, 0.1) is 6.92 Å². The first-order chi connectivity index (χ1) is 9.74. The first kappa shape index (κ1) is 13.1. The molecule has 1 aliphatic carbocycles. The third-order valence-electron chi connectivity index (χ3n) is 4.04. The minimum absolute atomic E-state index is 0.708. The lowest BCUT2D eigenvalue weighted by atomic mass is 10.0. The van der Waals surface area contributed by atoms with E-state index in [0.29, 0.717) is 5.92 Å². The molecule has 2 aromatic rings. The summed E-state index contributed by atoms with van der Waals surface area (Å²) >= 11 is 0. The molecule has 1 aliphatic rings. The Labute approximate surface area is 120 Å². The average Bonchev–Trinajstić information content (AvgIpc) is 3.32. The fourth-order valence-corrected chi connectivity index (χ4v) is 2.72. The number of anilines is 1. The highest BCUT2D eigenvalue weighted by molar-refractivity contribution is 5.64. The summed E-state index contributed by atoms with van der Waals surface area (Å²) in [7, 11) is 1.92. The maximum atomic E-state index is 4.79. The lowest BCUT2D eigenvalue weighted by molar-refractivity contribution is 0.973. The van der Waals surface area contributed by atoms with Gasteiger partial charge in [0.15, 0.2) is 5.82 Å². The summed E-state index contributed by atoms with van der Waals surface area (Å²) in [5.41, 5.74) is 4.88. The molecule has 0 atom stereocenters. The van der Waals surface area contributed by atoms with Crippen molar-refractivity contribution >= 4 is 5.82 Å². The van der Waals surface area contributed by atoms with Crippen LogP contribution in [0.4, 0.5) is 5.82 Å². The molecule has 1 N–H and O–H groups in total. The van der Waals surface area contributed by atoms with Crippen molar-refractivity contribution in [2.75, 3.05) is 12.4 Å². The first-order valence-electron chi connectivity index (χ1n) is 7.39. The zero-order chi connectivity index (χ0) is 14.1. The van der Waals surface area contributed by atoms with Crippen molar-refractivity contribution in [1.29, 1.82) is 0 Å². The highest BCUT2D eigenvalue weighted by Crippen LogP contribution is 2.43. The predicted molar refractivity (Wildman–Crippen MR) is 83.1 cm³/mol. The van der Waals surface area contributed by atoms with Gasteiger partial charge < -0.3 is 5.32 Å². The highest BCUT2D eigenvalue weighted by Gasteiger charge is 2.27. The molecule has 0 amide bonds. The number of hydrogen-bond acceptors (Lipinski definition) is 3. The Balaban J connectivity index is 2.14. The van der Waals surface area contributed by atoms with Crippen LogP contribution in [0.2, 0.25) is 0 Å². The van der Waals surface area contributed by atoms with E-state index >= 15 is 0 Å². The number of nitrogens with one attached hydrogen (secondary N) is 1. The Kier molecular flexibility index (Phi) is 3.43. The second-order valence-electron chi connectivity index (χ2n) is 5.43. The summed E-state index contributed by atoms with van der Waals surface area (Å²) in [5.74, 6) is 2.51. The molecule has 0 bridgehead atoms. The summed E-state index contributed by atoms with van der Waals surface area (Å²) in [6.45, 7) is 4.23. The summed E-state index contributed by atoms with van der Waals surface area (Å²) in [4.78, 5) is 9.51. The molecule has 1 heterocycles. The first-order valence-corrected chi connectivity index (χ1v) is 7.39. The quantitative estimate of drug-likeness (QED) is 0.912. The fraction of sp³-hybridized carbons (Fsp3) is 0.412. The van der Waals surface area contributed by atoms with Crippen molar-refractivity contribution in [3.63, 3.8) is 0 Å². The van der Waals surface area contributed by atoms with Gasteiger partial charge in [0.25, 0.3) is 0 Å². The standard InChI is InChI=1S/C17H21N3/c1-4-15-11(2)16(18-3)20-17(19-15)14-8-6-5-7-13(14)12-9-10-12/h5-8,12H,4,9-10H2,1-3H3,(H,18,19,20). The van der Waals surface area contributed by atoms with E-state index in [1.54, 1.807) is 0 Å². The zero-order valence-electron chi connectivity index (χ0n) is 12.4. The van der Waals surface area contributed by atoms with Gasteiger partial charge in [-0.25, -0.2) is 9.97 Å². The minimum Gasteiger partial charge on any atom is -0.373 e. The van der Waals surface area contributed by atoms with Crippen molar-refractivity contribution in [2.45, 2.75) is 39.0 Å². The number of aryl methyl sites for hydroxylation is 1. The van der Waals surface area contributed by atoms with Crippen LogP contribution in [0.1, 0.15) is 42.5 Å². The Hall–Kier alpha value is -1.90. The highest BCUT2D eigenvalue weighted by atomic mass is 15.0. The monoisotopic (exact) mass is 267 g/mol. The third-order valence-corrected chi connectivity index (χ3v) is 4.04. The van der Waals surface area contributed by atoms with Crippen LogP contribution in [0.5, 0.6) is 0 Å². The second-order valence-corrected chi connectivity index (χ2v) is 5.43. The van der Waals surface area contributed by atoms with E-state index < -0.39 is 0 Å². The molecule has 0 spiro atoms. The summed E-state index contributed by atoms with van der Waals surface area (Å²) in [6.07, 6.45) is 3.52. The van der Waals surface area contributed by atoms with Crippen molar-refractivity contribution < 1.29 is 0 Å². The van der Waals surface area contributed by atoms with Gasteiger partial charge in [0.2, 0.25) is 0 Å². The fourth-order valence-electron chi connectivity index (χ4n) is 2.72. The molecule has 104 valence electrons. The zero-order valence-corrected chi connectivity index (χ0v) is 12.4. The van der Waals surface area contributed by atoms with E-state index in [-0.39, 0.29) is 0 Å². The summed E-state index contributed by atoms with van der Waals surface area (Å²) in [6, 6.07) is 8.57. The van der Waals surface area contributed by atoms with Crippen LogP contribution in [-0.2, 0) is 6.42 Å². The van der Waals surface area contributed by atoms with E-state index in [1.165, 1.54) is 24.0 Å². The summed E-state index contributed by atoms with van der Waals surface area (Å²) in [5, 5.41) is 3.19. The van der Waals surface area contributed by atoms with E-state index in [2.05, 4.69) is 43.4 Å². The average molecular weight is 267 g/mol. The minimum atomic E-state index is 0.708. The normalized spacial score (nSPS) is 14.3. The van der Waals surface area contributed by atoms with Crippen LogP contribution < -0.4 is 5.32 Å². The van der Waals surface area contributed by atoms with Gasteiger partial charge in [-0.2, -0.15) is 0 Å². The van der Waals surface area contributed by atoms with Crippen LogP contribution >= 0.6 is 0 Å². The van der Waals surface area contributed by atoms with Gasteiger partial charge in [0, 0.05) is 23.9 Å². The van der Waals surface area contributed by atoms with Crippen molar-refractivity contribution in [1.82, 2.24) is 9.97 Å². The molecule has 0 saturated heterocycles. The molecular formula is C17H21N3. The van der Waals surface area contributed by atoms with Crippen LogP contribution in [0.25, 0.3) is 11.4 Å². The molecule has 3 heteroatoms. The lowest BCUT2D eigenvalue weighted by Gasteiger charge is -2.13. The van der Waals surface area contributed by atoms with Crippen LogP contribution in [-0.4, -0.2) is 17.0 Å². The summed E-state index contributed by atoms with van der Waals surface area (Å²) < 4.78 is 0. The van der Waals surface area contributed by atoms with Gasteiger partial charge in [-0.05, 0) is 37.7 Å². The lowest BCUT2D eigenvalue weighted by Crippen LogP contribution is -2.05. The molecule has 20 heavy (non-hydrogen) atoms. The molecular weight excluding hydrogens is 246 g/mol. The predicted octanol–water partition coefficient (Wildman–Crippen LogP) is 3.93. The van der Waals surface area contributed by atoms with Crippen molar-refractivity contribution in [3.8, 4) is 11.4 Å². The smallest absolute Gasteiger partial charge is 0.162 e. The second kappa shape index (κ2) is 5.23. The molecule has 0 unspecified atom stereocenters. The van der Waals surface area contributed by atoms with Gasteiger partial charge in [0.05, 0.1) is 0 Å². The van der Waals surface area contributed by atoms with Crippen molar-refractivity contribution in [3.05, 3.63) is 41.1 Å². The largest absolute Gasteiger partial charge is 0.373 e. The Morgan fingerprint density at radius 2 is 1.95 bits per heavy atom. The SMILES string of the molecule is CCc1nc(-c2ccccc2C2CC2)nc(NC)c1C. The number of nitrogens with zero attached hydrogens (tertiary/aromatic N) is 2. The Morgan fingerprint density at radius 1 is 1.20 bits per heavy atom. The molecule has 1 fully saturated rings. The molecule has 3 nitrogen and oxygen atoms in total. The molecule has 1 aromatic heterocycles.